The van der Waals surface area contributed by atoms with E-state index in [1.807, 2.05) is 49.4 Å². The van der Waals surface area contributed by atoms with Gasteiger partial charge in [-0.2, -0.15) is 0 Å². The van der Waals surface area contributed by atoms with Gasteiger partial charge < -0.3 is 9.47 Å². The highest BCUT2D eigenvalue weighted by atomic mass is 79.9. The van der Waals surface area contributed by atoms with Crippen LogP contribution < -0.4 is 0 Å². The lowest BCUT2D eigenvalue weighted by Crippen LogP contribution is -2.28. The van der Waals surface area contributed by atoms with E-state index in [9.17, 15) is 4.79 Å². The van der Waals surface area contributed by atoms with Gasteiger partial charge >= 0.3 is 5.97 Å². The largest absolute Gasteiger partial charge is 0.488 e. The van der Waals surface area contributed by atoms with Gasteiger partial charge in [0.1, 0.15) is 12.4 Å². The molecule has 1 unspecified atom stereocenters. The van der Waals surface area contributed by atoms with E-state index in [4.69, 9.17) is 9.47 Å². The molecule has 0 heterocycles. The molecule has 3 nitrogen and oxygen atoms in total. The molecule has 0 aliphatic heterocycles. The zero-order valence-electron chi connectivity index (χ0n) is 11.6. The minimum atomic E-state index is -0.632. The third-order valence-electron chi connectivity index (χ3n) is 3.28. The molecule has 106 valence electrons. The van der Waals surface area contributed by atoms with Crippen molar-refractivity contribution in [2.45, 2.75) is 20.0 Å². The Morgan fingerprint density at radius 3 is 2.65 bits per heavy atom. The molecule has 20 heavy (non-hydrogen) atoms. The normalized spacial score (nSPS) is 21.8. The molecule has 1 atom stereocenters. The molecule has 1 aliphatic rings. The molecule has 1 aromatic rings. The van der Waals surface area contributed by atoms with Gasteiger partial charge in [0.15, 0.2) is 0 Å². The average Bonchev–Trinajstić information content (AvgIpc) is 2.46. The smallest absolute Gasteiger partial charge is 0.315 e. The maximum atomic E-state index is 11.8. The minimum absolute atomic E-state index is 0.243. The first-order valence-electron chi connectivity index (χ1n) is 6.39. The summed E-state index contributed by atoms with van der Waals surface area (Å²) < 4.78 is 11.4. The van der Waals surface area contributed by atoms with E-state index < -0.39 is 5.41 Å². The number of benzene rings is 1. The van der Waals surface area contributed by atoms with Gasteiger partial charge in [-0.05, 0) is 47.0 Å². The summed E-state index contributed by atoms with van der Waals surface area (Å²) in [4.78, 5) is 11.8. The monoisotopic (exact) mass is 336 g/mol. The molecule has 0 bridgehead atoms. The van der Waals surface area contributed by atoms with Gasteiger partial charge in [0.05, 0.1) is 17.0 Å². The summed E-state index contributed by atoms with van der Waals surface area (Å²) in [5.41, 5.74) is 0.475. The molecular formula is C16H17BrO3. The van der Waals surface area contributed by atoms with Crippen LogP contribution in [0.3, 0.4) is 0 Å². The second kappa shape index (κ2) is 6.27. The number of hydrogen-bond donors (Lipinski definition) is 0. The van der Waals surface area contributed by atoms with Crippen LogP contribution in [0.4, 0.5) is 0 Å². The van der Waals surface area contributed by atoms with Gasteiger partial charge in [-0.15, -0.1) is 0 Å². The van der Waals surface area contributed by atoms with Gasteiger partial charge in [-0.1, -0.05) is 30.3 Å². The Morgan fingerprint density at radius 2 is 2.05 bits per heavy atom. The van der Waals surface area contributed by atoms with Crippen molar-refractivity contribution in [3.05, 3.63) is 58.3 Å². The van der Waals surface area contributed by atoms with Crippen molar-refractivity contribution in [3.8, 4) is 0 Å². The number of methoxy groups -OCH3 is 1. The van der Waals surface area contributed by atoms with Crippen molar-refractivity contribution in [1.82, 2.24) is 0 Å². The molecular weight excluding hydrogens is 320 g/mol. The number of allylic oxidation sites excluding steroid dienone is 2. The van der Waals surface area contributed by atoms with E-state index in [0.29, 0.717) is 13.0 Å². The van der Waals surface area contributed by atoms with Crippen LogP contribution in [0, 0.1) is 5.41 Å². The van der Waals surface area contributed by atoms with Gasteiger partial charge in [0.2, 0.25) is 0 Å². The molecule has 1 aliphatic carbocycles. The number of carbonyl (C=O) groups is 1. The number of carbonyl (C=O) groups excluding carboxylic acids is 1. The lowest BCUT2D eigenvalue weighted by molar-refractivity contribution is -0.148. The highest BCUT2D eigenvalue weighted by Gasteiger charge is 2.34. The third-order valence-corrected chi connectivity index (χ3v) is 3.90. The summed E-state index contributed by atoms with van der Waals surface area (Å²) in [6, 6.07) is 9.96. The predicted octanol–water partition coefficient (Wildman–Crippen LogP) is 3.95. The highest BCUT2D eigenvalue weighted by molar-refractivity contribution is 9.11. The summed E-state index contributed by atoms with van der Waals surface area (Å²) in [5, 5.41) is 0. The molecule has 2 rings (SSSR count). The summed E-state index contributed by atoms with van der Waals surface area (Å²) in [5.74, 6) is 0.517. The third kappa shape index (κ3) is 3.31. The first-order valence-corrected chi connectivity index (χ1v) is 7.18. The minimum Gasteiger partial charge on any atom is -0.488 e. The van der Waals surface area contributed by atoms with Crippen LogP contribution in [0.2, 0.25) is 0 Å². The Hall–Kier alpha value is -1.55. The fourth-order valence-corrected chi connectivity index (χ4v) is 2.83. The molecule has 0 aromatic heterocycles. The molecule has 0 saturated heterocycles. The number of rotatable bonds is 4. The van der Waals surface area contributed by atoms with E-state index >= 15 is 0 Å². The van der Waals surface area contributed by atoms with Crippen molar-refractivity contribution >= 4 is 21.9 Å². The fraction of sp³-hybridized carbons (Fsp3) is 0.312. The Labute approximate surface area is 127 Å². The van der Waals surface area contributed by atoms with Crippen molar-refractivity contribution in [2.75, 3.05) is 7.11 Å². The quantitative estimate of drug-likeness (QED) is 0.781. The second-order valence-corrected chi connectivity index (χ2v) is 5.80. The molecule has 0 spiro atoms. The van der Waals surface area contributed by atoms with E-state index in [2.05, 4.69) is 15.9 Å². The van der Waals surface area contributed by atoms with Crippen molar-refractivity contribution in [3.63, 3.8) is 0 Å². The Kier molecular flexibility index (Phi) is 4.65. The Balaban J connectivity index is 2.02. The van der Waals surface area contributed by atoms with Gasteiger partial charge in [0.25, 0.3) is 0 Å². The van der Waals surface area contributed by atoms with Crippen molar-refractivity contribution in [1.29, 1.82) is 0 Å². The zero-order chi connectivity index (χ0) is 14.6. The van der Waals surface area contributed by atoms with E-state index in [-0.39, 0.29) is 5.97 Å². The van der Waals surface area contributed by atoms with Crippen LogP contribution >= 0.6 is 15.9 Å². The molecule has 0 N–H and O–H groups in total. The fourth-order valence-electron chi connectivity index (χ4n) is 2.05. The van der Waals surface area contributed by atoms with Gasteiger partial charge in [-0.3, -0.25) is 4.79 Å². The zero-order valence-corrected chi connectivity index (χ0v) is 13.1. The molecule has 0 amide bonds. The number of esters is 1. The van der Waals surface area contributed by atoms with E-state index in [1.54, 1.807) is 0 Å². The van der Waals surface area contributed by atoms with Crippen LogP contribution in [0.15, 0.2) is 52.7 Å². The topological polar surface area (TPSA) is 35.5 Å². The standard InChI is InChI=1S/C16H17BrO3/c1-16(15(18)19-2)9-8-14(13(17)10-16)20-11-12-6-4-3-5-7-12/h3-8,10H,9,11H2,1-2H3. The van der Waals surface area contributed by atoms with Crippen molar-refractivity contribution < 1.29 is 14.3 Å². The highest BCUT2D eigenvalue weighted by Crippen LogP contribution is 2.37. The number of hydrogen-bond acceptors (Lipinski definition) is 3. The van der Waals surface area contributed by atoms with Crippen LogP contribution in [0.25, 0.3) is 0 Å². The molecule has 1 aromatic carbocycles. The van der Waals surface area contributed by atoms with Crippen molar-refractivity contribution in [2.24, 2.45) is 5.41 Å². The summed E-state index contributed by atoms with van der Waals surface area (Å²) in [7, 11) is 1.40. The first-order chi connectivity index (χ1) is 9.55. The SMILES string of the molecule is COC(=O)C1(C)C=C(Br)C(OCc2ccccc2)=CC1. The molecule has 4 heteroatoms. The Bertz CT molecular complexity index is 548. The maximum Gasteiger partial charge on any atom is 0.315 e. The van der Waals surface area contributed by atoms with Crippen LogP contribution in [0.5, 0.6) is 0 Å². The summed E-state index contributed by atoms with van der Waals surface area (Å²) >= 11 is 3.46. The van der Waals surface area contributed by atoms with E-state index in [1.165, 1.54) is 7.11 Å². The van der Waals surface area contributed by atoms with Crippen LogP contribution in [0.1, 0.15) is 18.9 Å². The molecule has 0 fully saturated rings. The summed E-state index contributed by atoms with van der Waals surface area (Å²) in [6.45, 7) is 2.36. The average molecular weight is 337 g/mol. The lowest BCUT2D eigenvalue weighted by atomic mass is 9.83. The second-order valence-electron chi connectivity index (χ2n) is 4.95. The van der Waals surface area contributed by atoms with E-state index in [0.717, 1.165) is 15.8 Å². The first kappa shape index (κ1) is 14.9. The molecule has 0 radical (unpaired) electrons. The number of halogens is 1. The number of ether oxygens (including phenoxy) is 2. The predicted molar refractivity (Wildman–Crippen MR) is 81.1 cm³/mol. The Morgan fingerprint density at radius 1 is 1.35 bits per heavy atom. The molecule has 0 saturated carbocycles. The lowest BCUT2D eigenvalue weighted by Gasteiger charge is -2.26. The summed E-state index contributed by atoms with van der Waals surface area (Å²) in [6.07, 6.45) is 4.34. The maximum absolute atomic E-state index is 11.8. The van der Waals surface area contributed by atoms with Crippen LogP contribution in [-0.2, 0) is 20.9 Å². The van der Waals surface area contributed by atoms with Gasteiger partial charge in [0, 0.05) is 0 Å². The van der Waals surface area contributed by atoms with Crippen LogP contribution in [-0.4, -0.2) is 13.1 Å². The van der Waals surface area contributed by atoms with Gasteiger partial charge in [-0.25, -0.2) is 0 Å².